The van der Waals surface area contributed by atoms with Crippen molar-refractivity contribution in [1.29, 1.82) is 0 Å². The van der Waals surface area contributed by atoms with Gasteiger partial charge in [0.1, 0.15) is 11.6 Å². The van der Waals surface area contributed by atoms with Crippen LogP contribution < -0.4 is 10.6 Å². The van der Waals surface area contributed by atoms with Crippen LogP contribution in [0.25, 0.3) is 0 Å². The number of carbonyl (C=O) groups is 3. The monoisotopic (exact) mass is 436 g/mol. The number of ether oxygens (including phenoxy) is 1. The van der Waals surface area contributed by atoms with Crippen LogP contribution in [0.3, 0.4) is 0 Å². The van der Waals surface area contributed by atoms with E-state index in [1.807, 2.05) is 13.8 Å². The maximum Gasteiger partial charge on any atom is 0.308 e. The molecule has 1 aliphatic rings. The molecule has 162 valence electrons. The van der Waals surface area contributed by atoms with E-state index in [-0.39, 0.29) is 42.5 Å². The Morgan fingerprint density at radius 2 is 2.10 bits per heavy atom. The minimum Gasteiger partial charge on any atom is -0.466 e. The maximum absolute atomic E-state index is 12.5. The second-order valence-corrected chi connectivity index (χ2v) is 7.53. The molecule has 0 bridgehead atoms. The van der Waals surface area contributed by atoms with Gasteiger partial charge in [-0.1, -0.05) is 26.0 Å². The predicted molar refractivity (Wildman–Crippen MR) is 112 cm³/mol. The molecule has 2 amide bonds. The van der Waals surface area contributed by atoms with E-state index in [0.29, 0.717) is 12.3 Å². The number of benzene rings is 1. The van der Waals surface area contributed by atoms with E-state index in [1.165, 1.54) is 29.2 Å². The molecule has 0 aliphatic carbocycles. The van der Waals surface area contributed by atoms with Gasteiger partial charge in [-0.25, -0.2) is 0 Å². The smallest absolute Gasteiger partial charge is 0.308 e. The number of nitro benzene ring substituents is 1. The molecule has 1 aromatic carbocycles. The van der Waals surface area contributed by atoms with Crippen LogP contribution in [-0.4, -0.2) is 58.5 Å². The molecular weight excluding hydrogens is 412 g/mol. The molecule has 30 heavy (non-hydrogen) atoms. The SMILES string of the molecule is CC(C)CCOC(=O)CC1C(=O)NCCN1C(=S)NC(=O)c1ccccc1[N+](=O)[O-]. The Kier molecular flexibility index (Phi) is 8.22. The van der Waals surface area contributed by atoms with Crippen molar-refractivity contribution >= 4 is 40.8 Å². The van der Waals surface area contributed by atoms with Crippen molar-refractivity contribution in [2.75, 3.05) is 19.7 Å². The van der Waals surface area contributed by atoms with Gasteiger partial charge in [0.25, 0.3) is 11.6 Å². The maximum atomic E-state index is 12.5. The first-order valence-electron chi connectivity index (χ1n) is 9.49. The predicted octanol–water partition coefficient (Wildman–Crippen LogP) is 1.39. The molecule has 0 aromatic heterocycles. The lowest BCUT2D eigenvalue weighted by Crippen LogP contribution is -2.60. The topological polar surface area (TPSA) is 131 Å². The number of esters is 1. The highest BCUT2D eigenvalue weighted by atomic mass is 32.1. The number of nitrogens with zero attached hydrogens (tertiary/aromatic N) is 2. The molecule has 0 spiro atoms. The largest absolute Gasteiger partial charge is 0.466 e. The summed E-state index contributed by atoms with van der Waals surface area (Å²) in [5, 5.41) is 16.1. The van der Waals surface area contributed by atoms with Crippen molar-refractivity contribution in [3.05, 3.63) is 39.9 Å². The number of nitro groups is 1. The molecule has 1 fully saturated rings. The summed E-state index contributed by atoms with van der Waals surface area (Å²) in [7, 11) is 0. The summed E-state index contributed by atoms with van der Waals surface area (Å²) < 4.78 is 5.17. The molecule has 11 heteroatoms. The van der Waals surface area contributed by atoms with Gasteiger partial charge in [-0.2, -0.15) is 0 Å². The molecule has 0 radical (unpaired) electrons. The van der Waals surface area contributed by atoms with Crippen LogP contribution in [0.4, 0.5) is 5.69 Å². The van der Waals surface area contributed by atoms with E-state index in [0.717, 1.165) is 0 Å². The number of piperazine rings is 1. The molecule has 1 saturated heterocycles. The standard InChI is InChI=1S/C19H24N4O6S/c1-12(2)7-10-29-16(24)11-15-18(26)20-8-9-22(15)19(30)21-17(25)13-5-3-4-6-14(13)23(27)28/h3-6,12,15H,7-11H2,1-2H3,(H,20,26)(H,21,25,30). The summed E-state index contributed by atoms with van der Waals surface area (Å²) in [4.78, 5) is 48.8. The summed E-state index contributed by atoms with van der Waals surface area (Å²) in [6.45, 7) is 4.80. The van der Waals surface area contributed by atoms with Crippen molar-refractivity contribution in [3.63, 3.8) is 0 Å². The van der Waals surface area contributed by atoms with Crippen molar-refractivity contribution in [2.45, 2.75) is 32.7 Å². The van der Waals surface area contributed by atoms with Gasteiger partial charge < -0.3 is 15.0 Å². The quantitative estimate of drug-likeness (QED) is 0.284. The number of para-hydroxylation sites is 1. The number of rotatable bonds is 7. The molecule has 1 heterocycles. The second-order valence-electron chi connectivity index (χ2n) is 7.14. The molecular formula is C19H24N4O6S. The number of thiocarbonyl (C=S) groups is 1. The number of hydrogen-bond donors (Lipinski definition) is 2. The number of carbonyl (C=O) groups excluding carboxylic acids is 3. The van der Waals surface area contributed by atoms with Crippen LogP contribution >= 0.6 is 12.2 Å². The van der Waals surface area contributed by atoms with Crippen molar-refractivity contribution in [1.82, 2.24) is 15.5 Å². The zero-order chi connectivity index (χ0) is 22.3. The van der Waals surface area contributed by atoms with Crippen molar-refractivity contribution in [2.24, 2.45) is 5.92 Å². The minimum absolute atomic E-state index is 0.0898. The van der Waals surface area contributed by atoms with Crippen LogP contribution in [0.1, 0.15) is 37.0 Å². The van der Waals surface area contributed by atoms with Crippen molar-refractivity contribution in [3.8, 4) is 0 Å². The molecule has 1 unspecified atom stereocenters. The number of amides is 2. The summed E-state index contributed by atoms with van der Waals surface area (Å²) >= 11 is 5.26. The Morgan fingerprint density at radius 3 is 2.77 bits per heavy atom. The highest BCUT2D eigenvalue weighted by Crippen LogP contribution is 2.18. The lowest BCUT2D eigenvalue weighted by Gasteiger charge is -2.36. The second kappa shape index (κ2) is 10.6. The summed E-state index contributed by atoms with van der Waals surface area (Å²) in [5.74, 6) is -1.35. The normalized spacial score (nSPS) is 16.0. The third kappa shape index (κ3) is 6.21. The zero-order valence-corrected chi connectivity index (χ0v) is 17.6. The lowest BCUT2D eigenvalue weighted by atomic mass is 10.1. The first kappa shape index (κ1) is 23.2. The van der Waals surface area contributed by atoms with E-state index >= 15 is 0 Å². The van der Waals surface area contributed by atoms with E-state index < -0.39 is 28.7 Å². The van der Waals surface area contributed by atoms with E-state index in [1.54, 1.807) is 0 Å². The van der Waals surface area contributed by atoms with Crippen LogP contribution in [0, 0.1) is 16.0 Å². The number of nitrogens with one attached hydrogen (secondary N) is 2. The van der Waals surface area contributed by atoms with Gasteiger partial charge in [0, 0.05) is 19.2 Å². The summed E-state index contributed by atoms with van der Waals surface area (Å²) in [5.41, 5.74) is -0.518. The Morgan fingerprint density at radius 1 is 1.40 bits per heavy atom. The fraction of sp³-hybridized carbons (Fsp3) is 0.474. The van der Waals surface area contributed by atoms with E-state index in [4.69, 9.17) is 17.0 Å². The van der Waals surface area contributed by atoms with Crippen LogP contribution in [0.5, 0.6) is 0 Å². The van der Waals surface area contributed by atoms with Crippen molar-refractivity contribution < 1.29 is 24.0 Å². The third-order valence-corrected chi connectivity index (χ3v) is 4.81. The Labute approximate surface area is 179 Å². The van der Waals surface area contributed by atoms with Gasteiger partial charge in [-0.3, -0.25) is 29.8 Å². The molecule has 2 N–H and O–H groups in total. The Bertz CT molecular complexity index is 844. The molecule has 1 atom stereocenters. The van der Waals surface area contributed by atoms with Gasteiger partial charge in [0.2, 0.25) is 5.91 Å². The molecule has 1 aromatic rings. The highest BCUT2D eigenvalue weighted by Gasteiger charge is 2.34. The summed E-state index contributed by atoms with van der Waals surface area (Å²) in [6, 6.07) is 4.52. The molecule has 0 saturated carbocycles. The molecule has 1 aliphatic heterocycles. The fourth-order valence-corrected chi connectivity index (χ4v) is 3.16. The third-order valence-electron chi connectivity index (χ3n) is 4.48. The molecule has 10 nitrogen and oxygen atoms in total. The first-order valence-corrected chi connectivity index (χ1v) is 9.90. The lowest BCUT2D eigenvalue weighted by molar-refractivity contribution is -0.385. The first-order chi connectivity index (χ1) is 14.2. The van der Waals surface area contributed by atoms with Gasteiger partial charge >= 0.3 is 5.97 Å². The van der Waals surface area contributed by atoms with Crippen LogP contribution in [0.15, 0.2) is 24.3 Å². The average molecular weight is 436 g/mol. The Balaban J connectivity index is 2.06. The van der Waals surface area contributed by atoms with Gasteiger partial charge in [-0.15, -0.1) is 0 Å². The number of hydrogen-bond acceptors (Lipinski definition) is 7. The van der Waals surface area contributed by atoms with E-state index in [9.17, 15) is 24.5 Å². The average Bonchev–Trinajstić information content (AvgIpc) is 2.69. The minimum atomic E-state index is -0.941. The fourth-order valence-electron chi connectivity index (χ4n) is 2.85. The van der Waals surface area contributed by atoms with Gasteiger partial charge in [-0.05, 0) is 30.6 Å². The zero-order valence-electron chi connectivity index (χ0n) is 16.8. The van der Waals surface area contributed by atoms with Gasteiger partial charge in [0.05, 0.1) is 18.0 Å². The van der Waals surface area contributed by atoms with Gasteiger partial charge in [0.15, 0.2) is 5.11 Å². The highest BCUT2D eigenvalue weighted by molar-refractivity contribution is 7.80. The van der Waals surface area contributed by atoms with Crippen LogP contribution in [-0.2, 0) is 14.3 Å². The summed E-state index contributed by atoms with van der Waals surface area (Å²) in [6.07, 6.45) is 0.474. The van der Waals surface area contributed by atoms with E-state index in [2.05, 4.69) is 10.6 Å². The molecule has 2 rings (SSSR count). The Hall–Kier alpha value is -3.08. The van der Waals surface area contributed by atoms with Crippen LogP contribution in [0.2, 0.25) is 0 Å².